The van der Waals surface area contributed by atoms with E-state index in [4.69, 9.17) is 0 Å². The molecule has 0 atom stereocenters. The first-order valence-corrected chi connectivity index (χ1v) is 6.50. The van der Waals surface area contributed by atoms with Gasteiger partial charge in [-0.3, -0.25) is 4.68 Å². The van der Waals surface area contributed by atoms with E-state index >= 15 is 0 Å². The molecule has 0 bridgehead atoms. The lowest BCUT2D eigenvalue weighted by Gasteiger charge is -2.31. The molecule has 0 aliphatic carbocycles. The molecule has 0 aromatic heterocycles. The van der Waals surface area contributed by atoms with Gasteiger partial charge in [0.2, 0.25) is 0 Å². The SMILES string of the molecule is CC1(C)CC(C(F)(F)F)(C(F)(F)F)/[N+](=C/C=C(C(F)(F)F)C(F)(F)F)[N-]1. The van der Waals surface area contributed by atoms with Crippen LogP contribution < -0.4 is 0 Å². The van der Waals surface area contributed by atoms with Crippen LogP contribution in [-0.2, 0) is 0 Å². The number of hydrogen-bond acceptors (Lipinski definition) is 0. The van der Waals surface area contributed by atoms with Crippen LogP contribution in [-0.4, -0.2) is 46.7 Å². The molecule has 0 radical (unpaired) electrons. The lowest BCUT2D eigenvalue weighted by molar-refractivity contribution is -0.632. The predicted octanol–water partition coefficient (Wildman–Crippen LogP) is 5.46. The lowest BCUT2D eigenvalue weighted by Crippen LogP contribution is -2.61. The van der Waals surface area contributed by atoms with Crippen LogP contribution in [0.3, 0.4) is 0 Å². The maximum atomic E-state index is 13.2. The largest absolute Gasteiger partial charge is 0.463 e. The summed E-state index contributed by atoms with van der Waals surface area (Å²) in [5.74, 6) is 0. The first kappa shape index (κ1) is 22.4. The summed E-state index contributed by atoms with van der Waals surface area (Å²) in [6.45, 7) is 1.65. The van der Waals surface area contributed by atoms with Gasteiger partial charge in [0, 0.05) is 12.5 Å². The van der Waals surface area contributed by atoms with E-state index in [0.29, 0.717) is 0 Å². The van der Waals surface area contributed by atoms with Crippen molar-refractivity contribution in [1.29, 1.82) is 0 Å². The van der Waals surface area contributed by atoms with Crippen LogP contribution in [0.5, 0.6) is 0 Å². The quantitative estimate of drug-likeness (QED) is 0.404. The van der Waals surface area contributed by atoms with Gasteiger partial charge < -0.3 is 5.43 Å². The van der Waals surface area contributed by atoms with Crippen LogP contribution in [0.4, 0.5) is 52.7 Å². The van der Waals surface area contributed by atoms with E-state index in [1.165, 1.54) is 0 Å². The Morgan fingerprint density at radius 2 is 1.19 bits per heavy atom. The van der Waals surface area contributed by atoms with Crippen LogP contribution in [0.2, 0.25) is 0 Å². The second kappa shape index (κ2) is 5.94. The molecule has 1 aliphatic heterocycles. The van der Waals surface area contributed by atoms with Gasteiger partial charge in [-0.25, -0.2) is 0 Å². The van der Waals surface area contributed by atoms with Gasteiger partial charge in [0.15, 0.2) is 6.21 Å². The van der Waals surface area contributed by atoms with E-state index in [1.807, 2.05) is 0 Å². The summed E-state index contributed by atoms with van der Waals surface area (Å²) in [6, 6.07) is 0. The highest BCUT2D eigenvalue weighted by Gasteiger charge is 2.80. The Kier molecular flexibility index (Phi) is 5.12. The predicted molar refractivity (Wildman–Crippen MR) is 63.4 cm³/mol. The molecule has 1 rings (SSSR count). The van der Waals surface area contributed by atoms with Crippen molar-refractivity contribution in [2.24, 2.45) is 0 Å². The highest BCUT2D eigenvalue weighted by atomic mass is 19.4. The van der Waals surface area contributed by atoms with Crippen molar-refractivity contribution in [1.82, 2.24) is 0 Å². The Labute approximate surface area is 138 Å². The van der Waals surface area contributed by atoms with E-state index in [-0.39, 0.29) is 0 Å². The minimum absolute atomic E-state index is 0.605. The third-order valence-electron chi connectivity index (χ3n) is 3.39. The fourth-order valence-corrected chi connectivity index (χ4v) is 2.40. The monoisotopic (exact) mass is 410 g/mol. The van der Waals surface area contributed by atoms with Gasteiger partial charge in [-0.05, 0) is 0 Å². The van der Waals surface area contributed by atoms with Gasteiger partial charge in [-0.15, -0.1) is 0 Å². The lowest BCUT2D eigenvalue weighted by atomic mass is 9.86. The third-order valence-corrected chi connectivity index (χ3v) is 3.39. The molecular formula is C12H10F12N2. The number of allylic oxidation sites excluding steroid dienone is 2. The van der Waals surface area contributed by atoms with Crippen LogP contribution >= 0.6 is 0 Å². The zero-order valence-electron chi connectivity index (χ0n) is 12.8. The van der Waals surface area contributed by atoms with E-state index in [2.05, 4.69) is 5.43 Å². The summed E-state index contributed by atoms with van der Waals surface area (Å²) < 4.78 is 153. The topological polar surface area (TPSA) is 17.1 Å². The van der Waals surface area contributed by atoms with E-state index in [1.54, 1.807) is 0 Å². The highest BCUT2D eigenvalue weighted by molar-refractivity contribution is 5.69. The molecule has 1 aliphatic rings. The molecule has 14 heteroatoms. The zero-order valence-corrected chi connectivity index (χ0v) is 12.8. The number of halogens is 12. The summed E-state index contributed by atoms with van der Waals surface area (Å²) in [5.41, 5.74) is -7.08. The smallest absolute Gasteiger partial charge is 0.433 e. The second-order valence-corrected chi connectivity index (χ2v) is 6.01. The molecule has 1 fully saturated rings. The average molecular weight is 410 g/mol. The minimum Gasteiger partial charge on any atom is -0.433 e. The molecule has 0 aromatic carbocycles. The Bertz CT molecular complexity index is 570. The highest BCUT2D eigenvalue weighted by Crippen LogP contribution is 2.56. The number of alkyl halides is 12. The molecule has 0 amide bonds. The average Bonchev–Trinajstić information content (AvgIpc) is 2.56. The van der Waals surface area contributed by atoms with Gasteiger partial charge >= 0.3 is 30.2 Å². The Balaban J connectivity index is 3.70. The van der Waals surface area contributed by atoms with E-state index < -0.39 is 64.8 Å². The molecule has 152 valence electrons. The van der Waals surface area contributed by atoms with Crippen molar-refractivity contribution < 1.29 is 57.4 Å². The van der Waals surface area contributed by atoms with Crippen LogP contribution in [0, 0.1) is 0 Å². The Hall–Kier alpha value is -1.63. The first-order chi connectivity index (χ1) is 11.2. The van der Waals surface area contributed by atoms with Crippen molar-refractivity contribution in [3.63, 3.8) is 0 Å². The fourth-order valence-electron chi connectivity index (χ4n) is 2.40. The fraction of sp³-hybridized carbons (Fsp3) is 0.750. The van der Waals surface area contributed by atoms with Crippen molar-refractivity contribution >= 4 is 6.21 Å². The van der Waals surface area contributed by atoms with E-state index in [0.717, 1.165) is 13.8 Å². The minimum atomic E-state index is -6.08. The molecule has 1 saturated heterocycles. The number of rotatable bonds is 1. The standard InChI is InChI=1S/C12H10F12N2/c1-7(2)5-8(11(19,20)21,12(22,23)24)26(25-7)4-3-6(9(13,14)15)10(16,17)18/h3-4H,5H2,1-2H3/b26-4-. The van der Waals surface area contributed by atoms with Crippen molar-refractivity contribution in [2.45, 2.75) is 56.1 Å². The summed E-state index contributed by atoms with van der Waals surface area (Å²) in [5, 5.41) is 0. The molecule has 0 N–H and O–H groups in total. The Morgan fingerprint density at radius 3 is 1.50 bits per heavy atom. The summed E-state index contributed by atoms with van der Waals surface area (Å²) >= 11 is 0. The Morgan fingerprint density at radius 1 is 0.808 bits per heavy atom. The van der Waals surface area contributed by atoms with Crippen LogP contribution in [0.25, 0.3) is 5.43 Å². The molecular weight excluding hydrogens is 400 g/mol. The normalized spacial score (nSPS) is 22.3. The van der Waals surface area contributed by atoms with E-state index in [9.17, 15) is 52.7 Å². The van der Waals surface area contributed by atoms with Gasteiger partial charge in [0.25, 0.3) is 0 Å². The molecule has 26 heavy (non-hydrogen) atoms. The van der Waals surface area contributed by atoms with Crippen molar-refractivity contribution in [2.75, 3.05) is 0 Å². The zero-order chi connectivity index (χ0) is 21.0. The maximum absolute atomic E-state index is 13.2. The molecule has 0 unspecified atom stereocenters. The first-order valence-electron chi connectivity index (χ1n) is 6.50. The van der Waals surface area contributed by atoms with Crippen molar-refractivity contribution in [3.05, 3.63) is 17.1 Å². The number of nitrogens with zero attached hydrogens (tertiary/aromatic N) is 2. The third kappa shape index (κ3) is 4.03. The maximum Gasteiger partial charge on any atom is 0.463 e. The van der Waals surface area contributed by atoms with Gasteiger partial charge in [-0.1, -0.05) is 19.4 Å². The summed E-state index contributed by atoms with van der Waals surface area (Å²) in [6.07, 6.45) is -27.5. The summed E-state index contributed by atoms with van der Waals surface area (Å²) in [7, 11) is 0. The molecule has 1 heterocycles. The molecule has 0 aromatic rings. The summed E-state index contributed by atoms with van der Waals surface area (Å²) in [4.78, 5) is 0. The molecule has 0 saturated carbocycles. The van der Waals surface area contributed by atoms with Crippen molar-refractivity contribution in [3.8, 4) is 0 Å². The van der Waals surface area contributed by atoms with Gasteiger partial charge in [-0.2, -0.15) is 52.7 Å². The second-order valence-electron chi connectivity index (χ2n) is 6.01. The van der Waals surface area contributed by atoms with Gasteiger partial charge in [0.1, 0.15) is 5.57 Å². The molecule has 2 nitrogen and oxygen atoms in total. The van der Waals surface area contributed by atoms with Gasteiger partial charge in [0.05, 0.1) is 0 Å². The molecule has 0 spiro atoms. The van der Waals surface area contributed by atoms with Crippen LogP contribution in [0.1, 0.15) is 20.3 Å². The number of hydrogen-bond donors (Lipinski definition) is 0. The van der Waals surface area contributed by atoms with Crippen LogP contribution in [0.15, 0.2) is 11.6 Å².